The number of amides is 5. The summed E-state index contributed by atoms with van der Waals surface area (Å²) in [6.45, 7) is 1.70. The summed E-state index contributed by atoms with van der Waals surface area (Å²) in [5.74, 6) is -0.935. The molecule has 6 aliphatic rings. The molecule has 0 spiro atoms. The summed E-state index contributed by atoms with van der Waals surface area (Å²) in [5, 5.41) is 15.1. The molecule has 288 valence electrons. The van der Waals surface area contributed by atoms with E-state index in [1.807, 2.05) is 60.7 Å². The Morgan fingerprint density at radius 1 is 0.642 bits per heavy atom. The van der Waals surface area contributed by atoms with Crippen LogP contribution in [-0.2, 0) is 32.5 Å². The van der Waals surface area contributed by atoms with Gasteiger partial charge in [-0.1, -0.05) is 99.2 Å². The third-order valence-electron chi connectivity index (χ3n) is 11.3. The van der Waals surface area contributed by atoms with Crippen LogP contribution < -0.4 is 11.1 Å². The first-order valence-electron chi connectivity index (χ1n) is 19.6. The highest BCUT2D eigenvalue weighted by Gasteiger charge is 2.49. The van der Waals surface area contributed by atoms with E-state index >= 15 is 0 Å². The maximum absolute atomic E-state index is 12.8. The molecule has 2 aromatic carbocycles. The van der Waals surface area contributed by atoms with Crippen LogP contribution in [0.1, 0.15) is 101 Å². The summed E-state index contributed by atoms with van der Waals surface area (Å²) in [7, 11) is 0. The molecule has 53 heavy (non-hydrogen) atoms. The number of hydroxylamine groups is 4. The van der Waals surface area contributed by atoms with Crippen LogP contribution in [0, 0.1) is 0 Å². The molecule has 2 aliphatic carbocycles. The monoisotopic (exact) mass is 732 g/mol. The molecule has 0 unspecified atom stereocenters. The second-order valence-corrected chi connectivity index (χ2v) is 15.1. The highest BCUT2D eigenvalue weighted by Crippen LogP contribution is 2.32. The molecule has 0 radical (unpaired) electrons. The summed E-state index contributed by atoms with van der Waals surface area (Å²) in [4.78, 5) is 63.3. The maximum Gasteiger partial charge on any atom is 0.345 e. The summed E-state index contributed by atoms with van der Waals surface area (Å²) in [5.41, 5.74) is 7.64. The van der Waals surface area contributed by atoms with Gasteiger partial charge in [0.15, 0.2) is 0 Å². The van der Waals surface area contributed by atoms with Crippen molar-refractivity contribution in [2.24, 2.45) is 5.73 Å². The van der Waals surface area contributed by atoms with Crippen LogP contribution in [-0.4, -0.2) is 98.3 Å². The zero-order valence-corrected chi connectivity index (χ0v) is 30.7. The molecule has 5 amide bonds. The Kier molecular flexibility index (Phi) is 13.6. The fourth-order valence-corrected chi connectivity index (χ4v) is 8.24. The zero-order chi connectivity index (χ0) is 37.2. The van der Waals surface area contributed by atoms with Gasteiger partial charge in [-0.15, -0.1) is 0 Å². The van der Waals surface area contributed by atoms with Crippen LogP contribution in [0.4, 0.5) is 9.59 Å². The van der Waals surface area contributed by atoms with Crippen molar-refractivity contribution in [1.29, 1.82) is 0 Å². The molecular formula is C40H56N6O7. The smallest absolute Gasteiger partial charge is 0.345 e. The van der Waals surface area contributed by atoms with E-state index < -0.39 is 12.0 Å². The SMILES string of the molecule is NC1CCCCC1.O=C(NC1CCCCC1)[C@@H]1CC[C@@H]2CN1C(=O)N2OCc1ccccc1.O=C(O)[C@@H]1CC[C@@H]2CN1C(=O)N2OCc1ccccc1. The van der Waals surface area contributed by atoms with Crippen molar-refractivity contribution in [3.8, 4) is 0 Å². The van der Waals surface area contributed by atoms with E-state index in [4.69, 9.17) is 20.5 Å². The second-order valence-electron chi connectivity index (χ2n) is 15.1. The Balaban J connectivity index is 0.000000157. The predicted octanol–water partition coefficient (Wildman–Crippen LogP) is 5.58. The number of aliphatic carboxylic acids is 1. The van der Waals surface area contributed by atoms with E-state index in [1.165, 1.54) is 66.4 Å². The summed E-state index contributed by atoms with van der Waals surface area (Å²) < 4.78 is 0. The third-order valence-corrected chi connectivity index (χ3v) is 11.3. The fourth-order valence-electron chi connectivity index (χ4n) is 8.24. The van der Waals surface area contributed by atoms with Gasteiger partial charge in [-0.2, -0.15) is 10.1 Å². The Hall–Kier alpha value is -4.20. The third kappa shape index (κ3) is 10.1. The highest BCUT2D eigenvalue weighted by molar-refractivity contribution is 5.88. The second kappa shape index (κ2) is 18.7. The first-order valence-corrected chi connectivity index (χ1v) is 19.6. The molecule has 4 atom stereocenters. The summed E-state index contributed by atoms with van der Waals surface area (Å²) in [6.07, 6.45) is 15.1. The number of carboxylic acids is 1. The molecule has 4 N–H and O–H groups in total. The maximum atomic E-state index is 12.8. The molecule has 2 saturated carbocycles. The molecule has 2 aromatic rings. The summed E-state index contributed by atoms with van der Waals surface area (Å²) in [6, 6.07) is 18.6. The number of rotatable bonds is 9. The van der Waals surface area contributed by atoms with Crippen molar-refractivity contribution >= 4 is 23.9 Å². The number of carboxylic acid groups (broad SMARTS) is 1. The molecule has 13 nitrogen and oxygen atoms in total. The number of urea groups is 2. The molecule has 4 heterocycles. The van der Waals surface area contributed by atoms with Gasteiger partial charge in [0.25, 0.3) is 0 Å². The average molecular weight is 733 g/mol. The number of benzene rings is 2. The number of carbonyl (C=O) groups is 4. The molecule has 6 fully saturated rings. The lowest BCUT2D eigenvalue weighted by Crippen LogP contribution is -2.52. The van der Waals surface area contributed by atoms with Crippen molar-refractivity contribution in [2.45, 2.75) is 139 Å². The van der Waals surface area contributed by atoms with Crippen molar-refractivity contribution in [3.63, 3.8) is 0 Å². The molecule has 13 heteroatoms. The topological polar surface area (TPSA) is 158 Å². The van der Waals surface area contributed by atoms with Crippen molar-refractivity contribution < 1.29 is 34.0 Å². The standard InChI is InChI=1S/C20H27N3O3.C14H16N2O4.C6H13N/c24-19(21-16-9-5-2-6-10-16)18-12-11-17-13-22(18)20(25)23(17)26-14-15-7-3-1-4-8-15;17-13(18)12-7-6-11-8-15(12)14(19)16(11)20-9-10-4-2-1-3-5-10;7-6-4-2-1-3-5-6/h1,3-4,7-8,16-18H,2,5-6,9-14H2,(H,21,24);1-5,11-12H,6-9H2,(H,17,18);6H,1-5,7H2/t17-,18+;11-,12+;/m11./s1. The van der Waals surface area contributed by atoms with Crippen molar-refractivity contribution in [1.82, 2.24) is 25.2 Å². The number of carbonyl (C=O) groups excluding carboxylic acids is 3. The van der Waals surface area contributed by atoms with E-state index in [1.54, 1.807) is 4.90 Å². The van der Waals surface area contributed by atoms with Crippen molar-refractivity contribution in [3.05, 3.63) is 71.8 Å². The molecule has 4 bridgehead atoms. The largest absolute Gasteiger partial charge is 0.480 e. The number of nitrogens with zero attached hydrogens (tertiary/aromatic N) is 4. The fraction of sp³-hybridized carbons (Fsp3) is 0.600. The van der Waals surface area contributed by atoms with E-state index in [-0.39, 0.29) is 42.1 Å². The molecule has 4 saturated heterocycles. The van der Waals surface area contributed by atoms with Gasteiger partial charge in [0.1, 0.15) is 25.3 Å². The number of nitrogens with two attached hydrogens (primary N) is 1. The van der Waals surface area contributed by atoms with Gasteiger partial charge in [-0.3, -0.25) is 14.5 Å². The van der Waals surface area contributed by atoms with Gasteiger partial charge < -0.3 is 26.0 Å². The van der Waals surface area contributed by atoms with Gasteiger partial charge in [-0.05, 0) is 62.5 Å². The molecule has 8 rings (SSSR count). The first-order chi connectivity index (χ1) is 25.8. The Labute approximate surface area is 312 Å². The van der Waals surface area contributed by atoms with Gasteiger partial charge in [-0.25, -0.2) is 14.4 Å². The number of nitrogens with one attached hydrogen (secondary N) is 1. The Morgan fingerprint density at radius 3 is 1.55 bits per heavy atom. The predicted molar refractivity (Wildman–Crippen MR) is 198 cm³/mol. The molecular weight excluding hydrogens is 676 g/mol. The quantitative estimate of drug-likeness (QED) is 0.302. The Bertz CT molecular complexity index is 1500. The van der Waals surface area contributed by atoms with Crippen LogP contribution in [0.2, 0.25) is 0 Å². The van der Waals surface area contributed by atoms with Crippen LogP contribution in [0.25, 0.3) is 0 Å². The first kappa shape index (κ1) is 38.5. The van der Waals surface area contributed by atoms with Crippen LogP contribution >= 0.6 is 0 Å². The van der Waals surface area contributed by atoms with E-state index in [9.17, 15) is 19.2 Å². The van der Waals surface area contributed by atoms with Gasteiger partial charge in [0.05, 0.1) is 12.1 Å². The minimum absolute atomic E-state index is 0.00797. The number of piperidine rings is 2. The van der Waals surface area contributed by atoms with Crippen LogP contribution in [0.15, 0.2) is 60.7 Å². The van der Waals surface area contributed by atoms with Crippen molar-refractivity contribution in [2.75, 3.05) is 13.1 Å². The van der Waals surface area contributed by atoms with E-state index in [0.29, 0.717) is 51.6 Å². The number of hydrogen-bond acceptors (Lipinski definition) is 7. The highest BCUT2D eigenvalue weighted by atomic mass is 16.7. The number of fused-ring (bicyclic) bond motifs is 4. The minimum atomic E-state index is -0.943. The summed E-state index contributed by atoms with van der Waals surface area (Å²) >= 11 is 0. The molecule has 0 aromatic heterocycles. The lowest BCUT2D eigenvalue weighted by molar-refractivity contribution is -0.143. The zero-order valence-electron chi connectivity index (χ0n) is 30.7. The lowest BCUT2D eigenvalue weighted by atomic mass is 9.94. The van der Waals surface area contributed by atoms with E-state index in [2.05, 4.69) is 5.32 Å². The van der Waals surface area contributed by atoms with Gasteiger partial charge in [0, 0.05) is 25.2 Å². The van der Waals surface area contributed by atoms with Gasteiger partial charge in [0.2, 0.25) is 5.91 Å². The minimum Gasteiger partial charge on any atom is -0.480 e. The molecule has 4 aliphatic heterocycles. The van der Waals surface area contributed by atoms with Gasteiger partial charge >= 0.3 is 18.0 Å². The van der Waals surface area contributed by atoms with E-state index in [0.717, 1.165) is 30.4 Å². The lowest BCUT2D eigenvalue weighted by Gasteiger charge is -2.31. The number of hydrogen-bond donors (Lipinski definition) is 3. The van der Waals surface area contributed by atoms with Crippen LogP contribution in [0.3, 0.4) is 0 Å². The Morgan fingerprint density at radius 2 is 1.09 bits per heavy atom. The van der Waals surface area contributed by atoms with Crippen LogP contribution in [0.5, 0.6) is 0 Å². The average Bonchev–Trinajstić information content (AvgIpc) is 3.57. The normalized spacial score (nSPS) is 25.7.